The van der Waals surface area contributed by atoms with Crippen LogP contribution in [-0.4, -0.2) is 29.0 Å². The summed E-state index contributed by atoms with van der Waals surface area (Å²) in [6.07, 6.45) is 0. The fraction of sp³-hybridized carbons (Fsp3) is 0.222. The third-order valence-corrected chi connectivity index (χ3v) is 4.80. The molecule has 0 atom stereocenters. The van der Waals surface area contributed by atoms with E-state index in [2.05, 4.69) is 25.3 Å². The highest BCUT2D eigenvalue weighted by atomic mass is 35.5. The smallest absolute Gasteiger partial charge is 0.242 e. The standard InChI is InChI=1S/C9H10Cl2N6O2S/c10-6-1-2-7(9(11)5(6)3-12)20(18,19)13-4-8-14-16-17-15-8/h1-2,13H,3-4,12H2,(H,14,15,16,17). The number of tetrazole rings is 1. The van der Waals surface area contributed by atoms with Crippen LogP contribution in [0.25, 0.3) is 0 Å². The minimum absolute atomic E-state index is 0.000567. The van der Waals surface area contributed by atoms with Crippen LogP contribution >= 0.6 is 23.2 Å². The molecule has 0 unspecified atom stereocenters. The number of rotatable bonds is 5. The van der Waals surface area contributed by atoms with Gasteiger partial charge in [0.05, 0.1) is 11.6 Å². The normalized spacial score (nSPS) is 11.8. The van der Waals surface area contributed by atoms with Crippen molar-refractivity contribution in [3.8, 4) is 0 Å². The number of halogens is 2. The van der Waals surface area contributed by atoms with E-state index in [1.54, 1.807) is 0 Å². The Kier molecular flexibility index (Phi) is 4.55. The quantitative estimate of drug-likeness (QED) is 0.727. The number of benzene rings is 1. The summed E-state index contributed by atoms with van der Waals surface area (Å²) in [5.41, 5.74) is 5.87. The van der Waals surface area contributed by atoms with Crippen LogP contribution < -0.4 is 10.5 Å². The molecule has 11 heteroatoms. The van der Waals surface area contributed by atoms with Crippen molar-refractivity contribution in [2.75, 3.05) is 0 Å². The van der Waals surface area contributed by atoms with E-state index in [0.717, 1.165) is 0 Å². The Balaban J connectivity index is 2.30. The number of nitrogens with zero attached hydrogens (tertiary/aromatic N) is 3. The van der Waals surface area contributed by atoms with Gasteiger partial charge < -0.3 is 5.73 Å². The summed E-state index contributed by atoms with van der Waals surface area (Å²) < 4.78 is 26.6. The van der Waals surface area contributed by atoms with Crippen molar-refractivity contribution in [3.63, 3.8) is 0 Å². The first-order valence-corrected chi connectivity index (χ1v) is 7.58. The highest BCUT2D eigenvalue weighted by molar-refractivity contribution is 7.89. The third-order valence-electron chi connectivity index (χ3n) is 2.45. The first-order chi connectivity index (χ1) is 9.45. The fourth-order valence-corrected chi connectivity index (χ4v) is 3.38. The van der Waals surface area contributed by atoms with Crippen molar-refractivity contribution >= 4 is 33.2 Å². The molecule has 4 N–H and O–H groups in total. The molecule has 0 aliphatic heterocycles. The van der Waals surface area contributed by atoms with Gasteiger partial charge in [0.15, 0.2) is 5.82 Å². The van der Waals surface area contributed by atoms with Crippen molar-refractivity contribution in [1.29, 1.82) is 0 Å². The zero-order valence-electron chi connectivity index (χ0n) is 9.97. The zero-order valence-corrected chi connectivity index (χ0v) is 12.3. The fourth-order valence-electron chi connectivity index (χ4n) is 1.47. The maximum Gasteiger partial charge on any atom is 0.242 e. The molecule has 0 radical (unpaired) electrons. The van der Waals surface area contributed by atoms with Crippen molar-refractivity contribution in [3.05, 3.63) is 33.6 Å². The topological polar surface area (TPSA) is 127 Å². The molecule has 2 aromatic rings. The Morgan fingerprint density at radius 1 is 1.35 bits per heavy atom. The van der Waals surface area contributed by atoms with E-state index < -0.39 is 10.0 Å². The maximum absolute atomic E-state index is 12.2. The van der Waals surface area contributed by atoms with E-state index in [9.17, 15) is 8.42 Å². The van der Waals surface area contributed by atoms with Gasteiger partial charge in [-0.2, -0.15) is 5.21 Å². The largest absolute Gasteiger partial charge is 0.326 e. The van der Waals surface area contributed by atoms with Crippen molar-refractivity contribution in [2.24, 2.45) is 5.73 Å². The number of H-pyrrole nitrogens is 1. The highest BCUT2D eigenvalue weighted by Crippen LogP contribution is 2.30. The van der Waals surface area contributed by atoms with Crippen LogP contribution in [0.3, 0.4) is 0 Å². The predicted octanol–water partition coefficient (Wildman–Crippen LogP) is 0.444. The number of aromatic amines is 1. The molecular weight excluding hydrogens is 327 g/mol. The summed E-state index contributed by atoms with van der Waals surface area (Å²) >= 11 is 11.9. The van der Waals surface area contributed by atoms with Gasteiger partial charge in [0.1, 0.15) is 4.90 Å². The molecule has 2 rings (SSSR count). The third kappa shape index (κ3) is 3.07. The lowest BCUT2D eigenvalue weighted by Crippen LogP contribution is -2.24. The second-order valence-corrected chi connectivity index (χ2v) is 6.22. The SMILES string of the molecule is NCc1c(Cl)ccc(S(=O)(=O)NCc2nn[nH]n2)c1Cl. The number of nitrogens with one attached hydrogen (secondary N) is 2. The molecule has 0 bridgehead atoms. The van der Waals surface area contributed by atoms with Crippen LogP contribution in [-0.2, 0) is 23.1 Å². The zero-order chi connectivity index (χ0) is 14.8. The summed E-state index contributed by atoms with van der Waals surface area (Å²) in [5, 5.41) is 13.1. The molecule has 1 heterocycles. The predicted molar refractivity (Wildman–Crippen MR) is 72.6 cm³/mol. The second-order valence-electron chi connectivity index (χ2n) is 3.69. The second kappa shape index (κ2) is 6.02. The van der Waals surface area contributed by atoms with Crippen LogP contribution in [0.1, 0.15) is 11.4 Å². The Hall–Kier alpha value is -1.26. The molecular formula is C9H10Cl2N6O2S. The molecule has 0 saturated carbocycles. The highest BCUT2D eigenvalue weighted by Gasteiger charge is 2.21. The average Bonchev–Trinajstić information content (AvgIpc) is 2.90. The summed E-state index contributed by atoms with van der Waals surface area (Å²) in [4.78, 5) is -0.104. The molecule has 1 aromatic heterocycles. The van der Waals surface area contributed by atoms with E-state index >= 15 is 0 Å². The summed E-state index contributed by atoms with van der Waals surface area (Å²) in [5.74, 6) is 0.206. The molecule has 0 spiro atoms. The Labute approximate surface area is 124 Å². The van der Waals surface area contributed by atoms with E-state index in [1.807, 2.05) is 0 Å². The van der Waals surface area contributed by atoms with Gasteiger partial charge in [-0.15, -0.1) is 10.2 Å². The van der Waals surface area contributed by atoms with Crippen molar-refractivity contribution in [1.82, 2.24) is 25.3 Å². The molecule has 1 aromatic carbocycles. The van der Waals surface area contributed by atoms with Crippen LogP contribution in [0, 0.1) is 0 Å². The van der Waals surface area contributed by atoms with Gasteiger partial charge in [-0.25, -0.2) is 13.1 Å². The van der Waals surface area contributed by atoms with E-state index in [0.29, 0.717) is 10.6 Å². The summed E-state index contributed by atoms with van der Waals surface area (Å²) in [6.45, 7) is -0.0817. The van der Waals surface area contributed by atoms with Crippen LogP contribution in [0.4, 0.5) is 0 Å². The minimum atomic E-state index is -3.83. The molecule has 108 valence electrons. The van der Waals surface area contributed by atoms with Crippen LogP contribution in [0.2, 0.25) is 10.0 Å². The lowest BCUT2D eigenvalue weighted by atomic mass is 10.2. The van der Waals surface area contributed by atoms with E-state index in [4.69, 9.17) is 28.9 Å². The monoisotopic (exact) mass is 336 g/mol. The molecule has 8 nitrogen and oxygen atoms in total. The van der Waals surface area contributed by atoms with Crippen LogP contribution in [0.5, 0.6) is 0 Å². The van der Waals surface area contributed by atoms with Crippen molar-refractivity contribution < 1.29 is 8.42 Å². The van der Waals surface area contributed by atoms with Gasteiger partial charge in [-0.3, -0.25) is 0 Å². The number of nitrogens with two attached hydrogens (primary N) is 1. The van der Waals surface area contributed by atoms with Gasteiger partial charge in [-0.1, -0.05) is 28.4 Å². The number of hydrogen-bond acceptors (Lipinski definition) is 6. The molecule has 0 saturated heterocycles. The van der Waals surface area contributed by atoms with Gasteiger partial charge >= 0.3 is 0 Å². The number of aromatic nitrogens is 4. The molecule has 20 heavy (non-hydrogen) atoms. The van der Waals surface area contributed by atoms with E-state index in [-0.39, 0.29) is 28.8 Å². The van der Waals surface area contributed by atoms with Crippen molar-refractivity contribution in [2.45, 2.75) is 18.0 Å². The summed E-state index contributed by atoms with van der Waals surface area (Å²) in [7, 11) is -3.83. The Bertz CT molecular complexity index is 703. The maximum atomic E-state index is 12.2. The number of hydrogen-bond donors (Lipinski definition) is 3. The summed E-state index contributed by atoms with van der Waals surface area (Å²) in [6, 6.07) is 2.74. The van der Waals surface area contributed by atoms with Gasteiger partial charge in [-0.05, 0) is 12.1 Å². The molecule has 0 aliphatic rings. The Morgan fingerprint density at radius 2 is 2.10 bits per heavy atom. The number of sulfonamides is 1. The van der Waals surface area contributed by atoms with E-state index in [1.165, 1.54) is 12.1 Å². The van der Waals surface area contributed by atoms with Gasteiger partial charge in [0.25, 0.3) is 0 Å². The lowest BCUT2D eigenvalue weighted by Gasteiger charge is -2.11. The molecule has 0 aliphatic carbocycles. The molecule has 0 fully saturated rings. The van der Waals surface area contributed by atoms with Crippen LogP contribution in [0.15, 0.2) is 17.0 Å². The average molecular weight is 337 g/mol. The Morgan fingerprint density at radius 3 is 2.70 bits per heavy atom. The first kappa shape index (κ1) is 15.1. The minimum Gasteiger partial charge on any atom is -0.326 e. The molecule has 0 amide bonds. The van der Waals surface area contributed by atoms with Gasteiger partial charge in [0, 0.05) is 17.1 Å². The first-order valence-electron chi connectivity index (χ1n) is 5.34. The lowest BCUT2D eigenvalue weighted by molar-refractivity contribution is 0.579. The van der Waals surface area contributed by atoms with Gasteiger partial charge in [0.2, 0.25) is 10.0 Å².